The summed E-state index contributed by atoms with van der Waals surface area (Å²) < 4.78 is 7.52. The molecule has 9 heteroatoms. The fourth-order valence-corrected chi connectivity index (χ4v) is 3.39. The molecule has 3 heterocycles. The highest BCUT2D eigenvalue weighted by atomic mass is 32.2. The first-order valence-electron chi connectivity index (χ1n) is 6.29. The lowest BCUT2D eigenvalue weighted by Crippen LogP contribution is -2.25. The van der Waals surface area contributed by atoms with Crippen molar-refractivity contribution < 1.29 is 4.52 Å². The first-order valence-corrected chi connectivity index (χ1v) is 8.33. The van der Waals surface area contributed by atoms with Crippen LogP contribution >= 0.6 is 23.1 Å². The van der Waals surface area contributed by atoms with Crippen molar-refractivity contribution in [3.05, 3.63) is 16.2 Å². The van der Waals surface area contributed by atoms with Gasteiger partial charge in [0.25, 0.3) is 11.4 Å². The molecule has 0 aliphatic rings. The Hall–Kier alpha value is -1.74. The fourth-order valence-electron chi connectivity index (χ4n) is 1.97. The molecule has 0 radical (unpaired) electrons. The van der Waals surface area contributed by atoms with Crippen LogP contribution in [-0.4, -0.2) is 30.9 Å². The molecule has 110 valence electrons. The van der Waals surface area contributed by atoms with Crippen LogP contribution in [0.5, 0.6) is 0 Å². The third-order valence-corrected chi connectivity index (χ3v) is 4.79. The van der Waals surface area contributed by atoms with Gasteiger partial charge >= 0.3 is 0 Å². The van der Waals surface area contributed by atoms with E-state index in [1.54, 1.807) is 11.5 Å². The van der Waals surface area contributed by atoms with Gasteiger partial charge in [-0.2, -0.15) is 4.98 Å². The summed E-state index contributed by atoms with van der Waals surface area (Å²) in [5.74, 6) is 1.14. The molecule has 0 bridgehead atoms. The van der Waals surface area contributed by atoms with E-state index in [-0.39, 0.29) is 17.5 Å². The minimum Gasteiger partial charge on any atom is -0.331 e. The summed E-state index contributed by atoms with van der Waals surface area (Å²) >= 11 is 2.88. The van der Waals surface area contributed by atoms with Crippen molar-refractivity contribution in [2.45, 2.75) is 31.2 Å². The molecule has 0 unspecified atom stereocenters. The van der Waals surface area contributed by atoms with Crippen LogP contribution in [0.15, 0.2) is 13.7 Å². The van der Waals surface area contributed by atoms with Crippen LogP contribution < -0.4 is 5.56 Å². The highest BCUT2D eigenvalue weighted by Gasteiger charge is 2.21. The minimum absolute atomic E-state index is 0.0870. The SMILES string of the molecule is CSc1nc2c(=O)n(C(C)C)c(-c3nc(C)no3)nc2s1. The average molecular weight is 323 g/mol. The fraction of sp³-hybridized carbons (Fsp3) is 0.417. The van der Waals surface area contributed by atoms with E-state index in [4.69, 9.17) is 4.52 Å². The van der Waals surface area contributed by atoms with Gasteiger partial charge in [-0.15, -0.1) is 0 Å². The number of fused-ring (bicyclic) bond motifs is 1. The monoisotopic (exact) mass is 323 g/mol. The topological polar surface area (TPSA) is 86.7 Å². The van der Waals surface area contributed by atoms with Gasteiger partial charge in [0.1, 0.15) is 0 Å². The van der Waals surface area contributed by atoms with Gasteiger partial charge in [0, 0.05) is 6.04 Å². The van der Waals surface area contributed by atoms with Crippen LogP contribution in [-0.2, 0) is 0 Å². The van der Waals surface area contributed by atoms with E-state index in [2.05, 4.69) is 20.1 Å². The highest BCUT2D eigenvalue weighted by Crippen LogP contribution is 2.27. The molecule has 0 aliphatic carbocycles. The van der Waals surface area contributed by atoms with Crippen molar-refractivity contribution in [3.63, 3.8) is 0 Å². The van der Waals surface area contributed by atoms with Gasteiger partial charge < -0.3 is 4.52 Å². The molecule has 0 saturated heterocycles. The summed E-state index contributed by atoms with van der Waals surface area (Å²) in [4.78, 5) is 26.3. The lowest BCUT2D eigenvalue weighted by molar-refractivity contribution is 0.417. The van der Waals surface area contributed by atoms with Gasteiger partial charge in [0.05, 0.1) is 0 Å². The van der Waals surface area contributed by atoms with Gasteiger partial charge in [-0.25, -0.2) is 9.97 Å². The third kappa shape index (κ3) is 2.36. The molecule has 0 aromatic carbocycles. The number of rotatable bonds is 3. The van der Waals surface area contributed by atoms with Crippen molar-refractivity contribution in [3.8, 4) is 11.7 Å². The van der Waals surface area contributed by atoms with Gasteiger partial charge in [0.2, 0.25) is 5.82 Å². The van der Waals surface area contributed by atoms with Crippen LogP contribution in [0, 0.1) is 6.92 Å². The second-order valence-electron chi connectivity index (χ2n) is 4.69. The lowest BCUT2D eigenvalue weighted by atomic mass is 10.3. The van der Waals surface area contributed by atoms with Crippen LogP contribution in [0.4, 0.5) is 0 Å². The van der Waals surface area contributed by atoms with Crippen molar-refractivity contribution in [1.82, 2.24) is 24.7 Å². The maximum Gasteiger partial charge on any atom is 0.294 e. The molecule has 3 rings (SSSR count). The van der Waals surface area contributed by atoms with E-state index in [0.29, 0.717) is 22.0 Å². The van der Waals surface area contributed by atoms with E-state index in [9.17, 15) is 4.79 Å². The predicted molar refractivity (Wildman–Crippen MR) is 81.9 cm³/mol. The average Bonchev–Trinajstić information content (AvgIpc) is 3.03. The van der Waals surface area contributed by atoms with Crippen LogP contribution in [0.2, 0.25) is 0 Å². The Kier molecular flexibility index (Phi) is 3.54. The summed E-state index contributed by atoms with van der Waals surface area (Å²) in [6.45, 7) is 5.54. The number of nitrogens with zero attached hydrogens (tertiary/aromatic N) is 5. The molecular weight excluding hydrogens is 310 g/mol. The number of thioether (sulfide) groups is 1. The van der Waals surface area contributed by atoms with E-state index in [0.717, 1.165) is 4.34 Å². The second kappa shape index (κ2) is 5.23. The van der Waals surface area contributed by atoms with Crippen molar-refractivity contribution >= 4 is 33.4 Å². The lowest BCUT2D eigenvalue weighted by Gasteiger charge is -2.12. The van der Waals surface area contributed by atoms with Crippen LogP contribution in [0.3, 0.4) is 0 Å². The number of hydrogen-bond acceptors (Lipinski definition) is 8. The van der Waals surface area contributed by atoms with Gasteiger partial charge in [-0.05, 0) is 27.0 Å². The predicted octanol–water partition coefficient (Wildman–Crippen LogP) is 2.51. The Morgan fingerprint density at radius 3 is 2.62 bits per heavy atom. The Balaban J connectivity index is 2.36. The largest absolute Gasteiger partial charge is 0.331 e. The van der Waals surface area contributed by atoms with Crippen LogP contribution in [0.1, 0.15) is 25.7 Å². The maximum atomic E-state index is 12.7. The molecule has 0 N–H and O–H groups in total. The zero-order valence-corrected chi connectivity index (χ0v) is 13.6. The molecule has 0 fully saturated rings. The van der Waals surface area contributed by atoms with Crippen molar-refractivity contribution in [2.24, 2.45) is 0 Å². The highest BCUT2D eigenvalue weighted by molar-refractivity contribution is 8.00. The summed E-state index contributed by atoms with van der Waals surface area (Å²) in [6, 6.07) is -0.0870. The third-order valence-electron chi connectivity index (χ3n) is 2.86. The minimum atomic E-state index is -0.183. The Bertz CT molecular complexity index is 864. The summed E-state index contributed by atoms with van der Waals surface area (Å²) in [5.41, 5.74) is 0.204. The summed E-state index contributed by atoms with van der Waals surface area (Å²) in [6.07, 6.45) is 1.92. The Labute approximate surface area is 128 Å². The summed E-state index contributed by atoms with van der Waals surface area (Å²) in [7, 11) is 0. The number of thiazole rings is 1. The van der Waals surface area contributed by atoms with E-state index >= 15 is 0 Å². The Morgan fingerprint density at radius 2 is 2.05 bits per heavy atom. The van der Waals surface area contributed by atoms with Crippen molar-refractivity contribution in [2.75, 3.05) is 6.26 Å². The normalized spacial score (nSPS) is 11.7. The van der Waals surface area contributed by atoms with E-state index in [1.807, 2.05) is 20.1 Å². The maximum absolute atomic E-state index is 12.7. The zero-order valence-electron chi connectivity index (χ0n) is 11.9. The van der Waals surface area contributed by atoms with Crippen molar-refractivity contribution in [1.29, 1.82) is 0 Å². The zero-order chi connectivity index (χ0) is 15.1. The summed E-state index contributed by atoms with van der Waals surface area (Å²) in [5, 5.41) is 3.77. The second-order valence-corrected chi connectivity index (χ2v) is 6.72. The smallest absolute Gasteiger partial charge is 0.294 e. The number of aromatic nitrogens is 5. The molecule has 0 aliphatic heterocycles. The first kappa shape index (κ1) is 14.2. The standard InChI is InChI=1S/C12H13N5O2S2/c1-5(2)17-8(9-13-6(3)16-19-9)15-10-7(11(17)18)14-12(20-4)21-10/h5H,1-4H3. The van der Waals surface area contributed by atoms with E-state index in [1.165, 1.54) is 23.1 Å². The van der Waals surface area contributed by atoms with Gasteiger partial charge in [-0.3, -0.25) is 9.36 Å². The molecule has 0 saturated carbocycles. The molecule has 0 atom stereocenters. The number of hydrogen-bond donors (Lipinski definition) is 0. The van der Waals surface area contributed by atoms with Crippen LogP contribution in [0.25, 0.3) is 22.1 Å². The molecule has 0 amide bonds. The molecule has 3 aromatic heterocycles. The molecule has 3 aromatic rings. The molecule has 7 nitrogen and oxygen atoms in total. The van der Waals surface area contributed by atoms with E-state index < -0.39 is 0 Å². The quantitative estimate of drug-likeness (QED) is 0.684. The van der Waals surface area contributed by atoms with Gasteiger partial charge in [-0.1, -0.05) is 28.3 Å². The Morgan fingerprint density at radius 1 is 1.29 bits per heavy atom. The molecule has 0 spiro atoms. The molecular formula is C12H13N5O2S2. The molecule has 21 heavy (non-hydrogen) atoms. The first-order chi connectivity index (χ1) is 10.0. The number of aryl methyl sites for hydroxylation is 1. The van der Waals surface area contributed by atoms with Gasteiger partial charge in [0.15, 0.2) is 20.5 Å².